The number of aliphatic hydroxyl groups excluding tert-OH is 1. The van der Waals surface area contributed by atoms with Crippen molar-refractivity contribution in [3.05, 3.63) is 107 Å². The van der Waals surface area contributed by atoms with Gasteiger partial charge >= 0.3 is 12.1 Å². The van der Waals surface area contributed by atoms with Crippen molar-refractivity contribution >= 4 is 35.6 Å². The number of alkyl carbamates (subject to hydrolysis) is 1. The van der Waals surface area contributed by atoms with E-state index in [-0.39, 0.29) is 17.2 Å². The molecule has 10 nitrogen and oxygen atoms in total. The number of nitrogens with one attached hydrogen (secondary N) is 2. The first-order valence-electron chi connectivity index (χ1n) is 14.3. The van der Waals surface area contributed by atoms with Gasteiger partial charge in [0.25, 0.3) is 5.91 Å². The summed E-state index contributed by atoms with van der Waals surface area (Å²) in [5.41, 5.74) is 1.11. The molecule has 230 valence electrons. The predicted molar refractivity (Wildman–Crippen MR) is 165 cm³/mol. The molecule has 1 unspecified atom stereocenters. The van der Waals surface area contributed by atoms with Gasteiger partial charge in [0.2, 0.25) is 5.91 Å². The molecular weight excluding hydrogens is 582 g/mol. The number of nitrogens with zero attached hydrogens (tertiary/aromatic N) is 1. The molecule has 44 heavy (non-hydrogen) atoms. The number of hydrogen-bond donors (Lipinski definition) is 3. The molecule has 3 aliphatic rings. The lowest BCUT2D eigenvalue weighted by atomic mass is 9.96. The highest BCUT2D eigenvalue weighted by Gasteiger charge is 2.55. The fourth-order valence-corrected chi connectivity index (χ4v) is 6.38. The number of carbonyl (C=O) groups is 4. The first-order valence-corrected chi connectivity index (χ1v) is 15.4. The number of carbonyl (C=O) groups excluding carboxylic acids is 4. The summed E-state index contributed by atoms with van der Waals surface area (Å²) < 4.78 is 11.3. The molecule has 0 aromatic heterocycles. The quantitative estimate of drug-likeness (QED) is 0.221. The molecule has 0 bridgehead atoms. The Morgan fingerprint density at radius 2 is 1.64 bits per heavy atom. The minimum atomic E-state index is -1.06. The van der Waals surface area contributed by atoms with Crippen LogP contribution in [0.1, 0.15) is 50.8 Å². The van der Waals surface area contributed by atoms with Crippen LogP contribution in [0.3, 0.4) is 0 Å². The Hall–Kier alpha value is -4.51. The standard InChI is InChI=1S/C33H35N3O7S/c1-33(2,3)43-32(41)35-24(20-13-7-4-8-14-20)28(38)34-25-29(39)36-26(23(37)19-44-30(25)36)31(40)42-27(21-15-9-5-10-16-21)22-17-11-6-12-18-22/h4-7,9-12,14-18,24-25,27,30,37H,8,13,19H2,1-3H3,(H,34,38)(H,35,41)/t24?,25-,30+/m1/s1. The van der Waals surface area contributed by atoms with Crippen LogP contribution < -0.4 is 10.6 Å². The number of rotatable bonds is 8. The summed E-state index contributed by atoms with van der Waals surface area (Å²) in [5.74, 6) is -2.24. The number of β-lactam (4-membered cyclic amide) rings is 1. The van der Waals surface area contributed by atoms with Gasteiger partial charge in [-0.05, 0) is 50.3 Å². The van der Waals surface area contributed by atoms with Crippen LogP contribution in [0, 0.1) is 0 Å². The number of thioether (sulfide) groups is 1. The van der Waals surface area contributed by atoms with E-state index < -0.39 is 53.0 Å². The lowest BCUT2D eigenvalue weighted by Gasteiger charge is -2.49. The maximum Gasteiger partial charge on any atom is 0.408 e. The minimum Gasteiger partial charge on any atom is -0.509 e. The van der Waals surface area contributed by atoms with Gasteiger partial charge in [0.1, 0.15) is 28.8 Å². The maximum absolute atomic E-state index is 13.6. The molecule has 0 saturated carbocycles. The Morgan fingerprint density at radius 1 is 1.00 bits per heavy atom. The molecule has 3 amide bonds. The zero-order valence-electron chi connectivity index (χ0n) is 24.7. The fraction of sp³-hybridized carbons (Fsp3) is 0.333. The second kappa shape index (κ2) is 13.0. The molecule has 3 N–H and O–H groups in total. The van der Waals surface area contributed by atoms with Crippen molar-refractivity contribution in [1.82, 2.24) is 15.5 Å². The molecule has 2 aromatic carbocycles. The third kappa shape index (κ3) is 6.83. The zero-order chi connectivity index (χ0) is 31.4. The second-order valence-electron chi connectivity index (χ2n) is 11.6. The molecule has 1 fully saturated rings. The Balaban J connectivity index is 1.32. The predicted octanol–water partition coefficient (Wildman–Crippen LogP) is 4.66. The number of fused-ring (bicyclic) bond motifs is 1. The van der Waals surface area contributed by atoms with Crippen molar-refractivity contribution in [2.75, 3.05) is 5.75 Å². The van der Waals surface area contributed by atoms with Crippen molar-refractivity contribution in [2.45, 2.75) is 62.8 Å². The van der Waals surface area contributed by atoms with E-state index in [2.05, 4.69) is 10.6 Å². The maximum atomic E-state index is 13.6. The summed E-state index contributed by atoms with van der Waals surface area (Å²) in [4.78, 5) is 54.3. The lowest BCUT2D eigenvalue weighted by molar-refractivity contribution is -0.155. The van der Waals surface area contributed by atoms with Crippen molar-refractivity contribution in [3.63, 3.8) is 0 Å². The number of ether oxygens (including phenoxy) is 2. The SMILES string of the molecule is CC(C)(C)OC(=O)NC(C(=O)N[C@@H]1C(=O)N2C(C(=O)OC(c3ccccc3)c3ccccc3)=C(O)CS[C@@H]12)C1=CCC=CC1. The van der Waals surface area contributed by atoms with Crippen LogP contribution >= 0.6 is 11.8 Å². The molecular formula is C33H35N3O7S. The van der Waals surface area contributed by atoms with Gasteiger partial charge in [-0.2, -0.15) is 0 Å². The third-order valence-corrected chi connectivity index (χ3v) is 8.46. The molecule has 1 saturated heterocycles. The van der Waals surface area contributed by atoms with E-state index in [4.69, 9.17) is 9.47 Å². The average molecular weight is 618 g/mol. The van der Waals surface area contributed by atoms with Crippen molar-refractivity contribution in [3.8, 4) is 0 Å². The van der Waals surface area contributed by atoms with Crippen LogP contribution in [-0.2, 0) is 23.9 Å². The van der Waals surface area contributed by atoms with E-state index in [1.54, 1.807) is 20.8 Å². The van der Waals surface area contributed by atoms with Crippen LogP contribution in [0.2, 0.25) is 0 Å². The van der Waals surface area contributed by atoms with Crippen molar-refractivity contribution in [2.24, 2.45) is 0 Å². The lowest BCUT2D eigenvalue weighted by Crippen LogP contribution is -2.71. The molecule has 11 heteroatoms. The molecule has 5 rings (SSSR count). The Labute approximate surface area is 260 Å². The number of aliphatic hydroxyl groups is 1. The van der Waals surface area contributed by atoms with E-state index >= 15 is 0 Å². The van der Waals surface area contributed by atoms with Crippen LogP contribution in [0.15, 0.2) is 95.9 Å². The largest absolute Gasteiger partial charge is 0.509 e. The molecule has 0 spiro atoms. The summed E-state index contributed by atoms with van der Waals surface area (Å²) >= 11 is 1.21. The second-order valence-corrected chi connectivity index (χ2v) is 12.7. The van der Waals surface area contributed by atoms with Crippen LogP contribution in [0.4, 0.5) is 4.79 Å². The summed E-state index contributed by atoms with van der Waals surface area (Å²) in [5, 5.41) is 15.5. The minimum absolute atomic E-state index is 0.0438. The van der Waals surface area contributed by atoms with Gasteiger partial charge in [-0.1, -0.05) is 78.9 Å². The topological polar surface area (TPSA) is 134 Å². The number of amides is 3. The zero-order valence-corrected chi connectivity index (χ0v) is 25.5. The Morgan fingerprint density at radius 3 is 2.20 bits per heavy atom. The van der Waals surface area contributed by atoms with Gasteiger partial charge < -0.3 is 25.2 Å². The first kappa shape index (κ1) is 30.9. The number of esters is 1. The molecule has 0 radical (unpaired) electrons. The van der Waals surface area contributed by atoms with Crippen LogP contribution in [-0.4, -0.2) is 62.7 Å². The normalized spacial score (nSPS) is 20.2. The van der Waals surface area contributed by atoms with E-state index in [0.717, 1.165) is 11.1 Å². The third-order valence-electron chi connectivity index (χ3n) is 7.20. The van der Waals surface area contributed by atoms with Gasteiger partial charge in [-0.15, -0.1) is 11.8 Å². The van der Waals surface area contributed by atoms with Crippen LogP contribution in [0.5, 0.6) is 0 Å². The monoisotopic (exact) mass is 617 g/mol. The Kier molecular flexibility index (Phi) is 9.14. The number of benzene rings is 2. The van der Waals surface area contributed by atoms with Gasteiger partial charge in [-0.25, -0.2) is 9.59 Å². The highest BCUT2D eigenvalue weighted by Crippen LogP contribution is 2.41. The van der Waals surface area contributed by atoms with Gasteiger partial charge in [-0.3, -0.25) is 14.5 Å². The van der Waals surface area contributed by atoms with Crippen molar-refractivity contribution < 1.29 is 33.8 Å². The smallest absolute Gasteiger partial charge is 0.408 e. The van der Waals surface area contributed by atoms with Crippen LogP contribution in [0.25, 0.3) is 0 Å². The Bertz CT molecular complexity index is 1480. The van der Waals surface area contributed by atoms with E-state index in [1.807, 2.05) is 78.9 Å². The summed E-state index contributed by atoms with van der Waals surface area (Å²) in [6, 6.07) is 16.3. The molecule has 1 aliphatic carbocycles. The fourth-order valence-electron chi connectivity index (χ4n) is 5.18. The summed E-state index contributed by atoms with van der Waals surface area (Å²) in [6.45, 7) is 5.17. The average Bonchev–Trinajstić information content (AvgIpc) is 3.01. The summed E-state index contributed by atoms with van der Waals surface area (Å²) in [7, 11) is 0. The van der Waals surface area contributed by atoms with Gasteiger partial charge in [0.05, 0.1) is 5.75 Å². The molecule has 2 heterocycles. The highest BCUT2D eigenvalue weighted by molar-refractivity contribution is 8.00. The van der Waals surface area contributed by atoms with E-state index in [9.17, 15) is 24.3 Å². The highest BCUT2D eigenvalue weighted by atomic mass is 32.2. The first-order chi connectivity index (χ1) is 21.0. The van der Waals surface area contributed by atoms with Crippen molar-refractivity contribution in [1.29, 1.82) is 0 Å². The molecule has 2 aromatic rings. The molecule has 3 atom stereocenters. The van der Waals surface area contributed by atoms with Gasteiger partial charge in [0, 0.05) is 0 Å². The van der Waals surface area contributed by atoms with E-state index in [0.29, 0.717) is 18.4 Å². The number of allylic oxidation sites excluding steroid dienone is 3. The molecule has 2 aliphatic heterocycles. The summed E-state index contributed by atoms with van der Waals surface area (Å²) in [6.07, 6.45) is 5.24. The van der Waals surface area contributed by atoms with Gasteiger partial charge in [0.15, 0.2) is 11.8 Å². The number of hydrogen-bond acceptors (Lipinski definition) is 8. The van der Waals surface area contributed by atoms with E-state index in [1.165, 1.54) is 16.7 Å².